The van der Waals surface area contributed by atoms with Crippen LogP contribution in [0.5, 0.6) is 0 Å². The first-order valence-electron chi connectivity index (χ1n) is 6.76. The number of anilines is 1. The number of amides is 1. The van der Waals surface area contributed by atoms with Crippen LogP contribution in [0.2, 0.25) is 0 Å². The Morgan fingerprint density at radius 2 is 1.82 bits per heavy atom. The normalized spacial score (nSPS) is 17.0. The number of rotatable bonds is 1. The van der Waals surface area contributed by atoms with Crippen molar-refractivity contribution in [2.75, 3.05) is 4.90 Å². The van der Waals surface area contributed by atoms with Gasteiger partial charge in [0, 0.05) is 22.6 Å². The quantitative estimate of drug-likeness (QED) is 0.713. The van der Waals surface area contributed by atoms with Gasteiger partial charge in [0.25, 0.3) is 5.91 Å². The van der Waals surface area contributed by atoms with Crippen molar-refractivity contribution >= 4 is 22.8 Å². The summed E-state index contributed by atoms with van der Waals surface area (Å²) in [6.45, 7) is 0. The van der Waals surface area contributed by atoms with Crippen LogP contribution in [0.1, 0.15) is 22.1 Å². The van der Waals surface area contributed by atoms with Crippen molar-refractivity contribution in [2.45, 2.75) is 6.23 Å². The lowest BCUT2D eigenvalue weighted by Crippen LogP contribution is -2.28. The third-order valence-electron chi connectivity index (χ3n) is 3.75. The van der Waals surface area contributed by atoms with E-state index in [1.165, 1.54) is 11.0 Å². The molecule has 22 heavy (non-hydrogen) atoms. The number of H-pyrrole nitrogens is 1. The van der Waals surface area contributed by atoms with E-state index in [2.05, 4.69) is 9.97 Å². The number of benzene rings is 1. The summed E-state index contributed by atoms with van der Waals surface area (Å²) in [5.74, 6) is -0.0173. The highest BCUT2D eigenvalue weighted by atomic mass is 16.3. The fraction of sp³-hybridized carbons (Fsp3) is 0.0625. The summed E-state index contributed by atoms with van der Waals surface area (Å²) in [4.78, 5) is 32.0. The zero-order chi connectivity index (χ0) is 15.3. The summed E-state index contributed by atoms with van der Waals surface area (Å²) in [6, 6.07) is 13.4. The number of hydrogen-bond donors (Lipinski definition) is 2. The summed E-state index contributed by atoms with van der Waals surface area (Å²) < 4.78 is 0. The highest BCUT2D eigenvalue weighted by Gasteiger charge is 2.36. The fourth-order valence-corrected chi connectivity index (χ4v) is 2.68. The topological polar surface area (TPSA) is 86.3 Å². The van der Waals surface area contributed by atoms with Crippen molar-refractivity contribution in [2.24, 2.45) is 0 Å². The zero-order valence-electron chi connectivity index (χ0n) is 11.4. The van der Waals surface area contributed by atoms with Gasteiger partial charge in [0.1, 0.15) is 11.5 Å². The third kappa shape index (κ3) is 1.74. The molecular weight excluding hydrogens is 282 g/mol. The van der Waals surface area contributed by atoms with Crippen LogP contribution < -0.4 is 10.5 Å². The lowest BCUT2D eigenvalue weighted by atomic mass is 10.1. The van der Waals surface area contributed by atoms with Gasteiger partial charge in [-0.1, -0.05) is 18.2 Å². The van der Waals surface area contributed by atoms with Crippen molar-refractivity contribution < 1.29 is 9.90 Å². The Bertz CT molecular complexity index is 964. The van der Waals surface area contributed by atoms with Gasteiger partial charge in [-0.05, 0) is 24.3 Å². The second-order valence-corrected chi connectivity index (χ2v) is 5.07. The molecule has 0 saturated carbocycles. The van der Waals surface area contributed by atoms with E-state index >= 15 is 0 Å². The number of nitrogens with zero attached hydrogens (tertiary/aromatic N) is 2. The predicted octanol–water partition coefficient (Wildman–Crippen LogP) is 1.57. The zero-order valence-corrected chi connectivity index (χ0v) is 11.4. The summed E-state index contributed by atoms with van der Waals surface area (Å²) in [7, 11) is 0. The minimum atomic E-state index is -1.08. The van der Waals surface area contributed by atoms with Crippen molar-refractivity contribution in [3.8, 4) is 0 Å². The molecule has 2 aromatic heterocycles. The monoisotopic (exact) mass is 293 g/mol. The van der Waals surface area contributed by atoms with E-state index in [4.69, 9.17) is 0 Å². The van der Waals surface area contributed by atoms with E-state index in [0.29, 0.717) is 22.6 Å². The molecule has 4 rings (SSSR count). The van der Waals surface area contributed by atoms with Crippen molar-refractivity contribution in [3.63, 3.8) is 0 Å². The molecule has 3 heterocycles. The standard InChI is InChI=1S/C16H11N3O3/c20-13-8-6-9-5-7-12(17-14(9)18-13)19-15(21)10-3-1-2-4-11(10)16(19)22/h1-8,15,21H,(H,17,18,20)/t15-/m0/s1. The Kier molecular flexibility index (Phi) is 2.61. The number of aromatic amines is 1. The van der Waals surface area contributed by atoms with Crippen molar-refractivity contribution in [1.82, 2.24) is 9.97 Å². The molecule has 6 nitrogen and oxygen atoms in total. The molecule has 3 aromatic rings. The van der Waals surface area contributed by atoms with Crippen LogP contribution in [0.4, 0.5) is 5.82 Å². The second-order valence-electron chi connectivity index (χ2n) is 5.07. The molecule has 0 unspecified atom stereocenters. The van der Waals surface area contributed by atoms with E-state index in [-0.39, 0.29) is 11.5 Å². The Hall–Kier alpha value is -2.99. The largest absolute Gasteiger partial charge is 0.369 e. The van der Waals surface area contributed by atoms with E-state index < -0.39 is 6.23 Å². The van der Waals surface area contributed by atoms with Crippen LogP contribution >= 0.6 is 0 Å². The van der Waals surface area contributed by atoms with Crippen LogP contribution in [-0.2, 0) is 0 Å². The number of hydrogen-bond acceptors (Lipinski definition) is 4. The molecule has 1 aliphatic heterocycles. The predicted molar refractivity (Wildman–Crippen MR) is 80.6 cm³/mol. The van der Waals surface area contributed by atoms with Gasteiger partial charge >= 0.3 is 0 Å². The number of pyridine rings is 2. The number of aromatic nitrogens is 2. The third-order valence-corrected chi connectivity index (χ3v) is 3.75. The molecule has 108 valence electrons. The minimum absolute atomic E-state index is 0.270. The van der Waals surface area contributed by atoms with Crippen molar-refractivity contribution in [1.29, 1.82) is 0 Å². The molecule has 1 amide bonds. The Morgan fingerprint density at radius 1 is 1.05 bits per heavy atom. The Morgan fingerprint density at radius 3 is 2.64 bits per heavy atom. The Balaban J connectivity index is 1.86. The number of carbonyl (C=O) groups is 1. The molecule has 2 N–H and O–H groups in total. The van der Waals surface area contributed by atoms with Gasteiger partial charge in [0.05, 0.1) is 0 Å². The molecule has 0 spiro atoms. The van der Waals surface area contributed by atoms with E-state index in [1.54, 1.807) is 42.5 Å². The first kappa shape index (κ1) is 12.7. The highest BCUT2D eigenvalue weighted by Crippen LogP contribution is 2.34. The molecule has 0 saturated heterocycles. The average molecular weight is 293 g/mol. The molecule has 0 bridgehead atoms. The van der Waals surface area contributed by atoms with Gasteiger partial charge in [-0.2, -0.15) is 0 Å². The fourth-order valence-electron chi connectivity index (χ4n) is 2.68. The van der Waals surface area contributed by atoms with E-state index in [9.17, 15) is 14.7 Å². The van der Waals surface area contributed by atoms with Crippen LogP contribution in [0.3, 0.4) is 0 Å². The van der Waals surface area contributed by atoms with Crippen LogP contribution in [0, 0.1) is 0 Å². The van der Waals surface area contributed by atoms with Gasteiger partial charge in [0.15, 0.2) is 6.23 Å². The number of aliphatic hydroxyl groups excluding tert-OH is 1. The van der Waals surface area contributed by atoms with Gasteiger partial charge in [0.2, 0.25) is 5.56 Å². The SMILES string of the molecule is O=C1c2ccccc2[C@H](O)N1c1ccc2ccc(=O)[nH]c2n1. The molecule has 1 aromatic carbocycles. The van der Waals surface area contributed by atoms with Gasteiger partial charge in [-0.3, -0.25) is 14.5 Å². The first-order valence-corrected chi connectivity index (χ1v) is 6.76. The highest BCUT2D eigenvalue weighted by molar-refractivity contribution is 6.10. The maximum atomic E-state index is 12.5. The van der Waals surface area contributed by atoms with Crippen LogP contribution in [0.15, 0.2) is 53.3 Å². The molecule has 0 radical (unpaired) electrons. The number of carbonyl (C=O) groups excluding carboxylic acids is 1. The van der Waals surface area contributed by atoms with E-state index in [0.717, 1.165) is 5.39 Å². The molecule has 0 fully saturated rings. The van der Waals surface area contributed by atoms with Crippen molar-refractivity contribution in [3.05, 3.63) is 70.0 Å². The lowest BCUT2D eigenvalue weighted by Gasteiger charge is -2.19. The summed E-state index contributed by atoms with van der Waals surface area (Å²) >= 11 is 0. The maximum Gasteiger partial charge on any atom is 0.262 e. The van der Waals surface area contributed by atoms with Gasteiger partial charge in [-0.25, -0.2) is 4.98 Å². The smallest absolute Gasteiger partial charge is 0.262 e. The Labute approximate surface area is 124 Å². The second kappa shape index (κ2) is 4.51. The molecule has 1 atom stereocenters. The average Bonchev–Trinajstić information content (AvgIpc) is 2.79. The summed E-state index contributed by atoms with van der Waals surface area (Å²) in [6.07, 6.45) is -1.08. The minimum Gasteiger partial charge on any atom is -0.369 e. The molecule has 1 aliphatic rings. The molecular formula is C16H11N3O3. The lowest BCUT2D eigenvalue weighted by molar-refractivity contribution is 0.0933. The molecule has 6 heteroatoms. The van der Waals surface area contributed by atoms with Gasteiger partial charge < -0.3 is 10.1 Å². The van der Waals surface area contributed by atoms with Crippen LogP contribution in [-0.4, -0.2) is 21.0 Å². The first-order chi connectivity index (χ1) is 10.6. The number of fused-ring (bicyclic) bond motifs is 2. The van der Waals surface area contributed by atoms with Crippen LogP contribution in [0.25, 0.3) is 11.0 Å². The molecule has 0 aliphatic carbocycles. The maximum absolute atomic E-state index is 12.5. The van der Waals surface area contributed by atoms with E-state index in [1.807, 2.05) is 0 Å². The number of aliphatic hydroxyl groups is 1. The van der Waals surface area contributed by atoms with Gasteiger partial charge in [-0.15, -0.1) is 0 Å². The number of nitrogens with one attached hydrogen (secondary N) is 1. The summed E-state index contributed by atoms with van der Waals surface area (Å²) in [5, 5.41) is 11.1. The summed E-state index contributed by atoms with van der Waals surface area (Å²) in [5.41, 5.74) is 1.11.